The van der Waals surface area contributed by atoms with Crippen LogP contribution in [0.15, 0.2) is 188 Å². The molecule has 0 aliphatic heterocycles. The smallest absolute Gasteiger partial charge is 0.235 e. The fraction of sp³-hybridized carbons (Fsp3) is 0.0877. The maximum Gasteiger partial charge on any atom is 0.235 e. The monoisotopic (exact) mass is 769 g/mol. The lowest BCUT2D eigenvalue weighted by molar-refractivity contribution is 0.660. The molecule has 2 heterocycles. The Morgan fingerprint density at radius 1 is 0.417 bits per heavy atom. The summed E-state index contributed by atoms with van der Waals surface area (Å²) in [6.45, 7) is 8.70. The van der Waals surface area contributed by atoms with Gasteiger partial charge in [-0.15, -0.1) is 0 Å². The van der Waals surface area contributed by atoms with Crippen molar-refractivity contribution < 1.29 is 0 Å². The van der Waals surface area contributed by atoms with E-state index in [1.807, 2.05) is 13.8 Å². The molecule has 60 heavy (non-hydrogen) atoms. The van der Waals surface area contributed by atoms with Crippen molar-refractivity contribution in [3.05, 3.63) is 199 Å². The average molecular weight is 770 g/mol. The lowest BCUT2D eigenvalue weighted by Crippen LogP contribution is -2.14. The molecule has 286 valence electrons. The van der Waals surface area contributed by atoms with Crippen LogP contribution in [0.4, 0.5) is 0 Å². The zero-order valence-electron chi connectivity index (χ0n) is 34.2. The number of benzene rings is 9. The Morgan fingerprint density at radius 3 is 1.82 bits per heavy atom. The van der Waals surface area contributed by atoms with Crippen molar-refractivity contribution in [2.45, 2.75) is 33.1 Å². The van der Waals surface area contributed by atoms with Crippen LogP contribution in [0.3, 0.4) is 0 Å². The van der Waals surface area contributed by atoms with Gasteiger partial charge in [-0.3, -0.25) is 4.57 Å². The molecule has 0 unspecified atom stereocenters. The van der Waals surface area contributed by atoms with E-state index in [0.29, 0.717) is 5.95 Å². The molecule has 0 amide bonds. The number of nitrogens with zero attached hydrogens (tertiary/aromatic N) is 3. The maximum atomic E-state index is 5.56. The second kappa shape index (κ2) is 13.9. The fourth-order valence-corrected chi connectivity index (χ4v) is 9.91. The molecule has 11 aromatic rings. The number of hydrogen-bond donors (Lipinski definition) is 0. The highest BCUT2D eigenvalue weighted by atomic mass is 15.2. The average Bonchev–Trinajstić information content (AvgIpc) is 3.78. The number of rotatable bonds is 4. The van der Waals surface area contributed by atoms with E-state index in [1.165, 1.54) is 76.8 Å². The molecule has 0 radical (unpaired) electrons. The summed E-state index contributed by atoms with van der Waals surface area (Å²) in [5.41, 5.74) is 15.1. The van der Waals surface area contributed by atoms with Crippen molar-refractivity contribution in [1.82, 2.24) is 14.5 Å². The Kier molecular flexibility index (Phi) is 8.28. The van der Waals surface area contributed by atoms with Gasteiger partial charge in [0.1, 0.15) is 0 Å². The topological polar surface area (TPSA) is 30.7 Å². The van der Waals surface area contributed by atoms with Crippen molar-refractivity contribution in [2.75, 3.05) is 0 Å². The Morgan fingerprint density at radius 2 is 0.983 bits per heavy atom. The van der Waals surface area contributed by atoms with Gasteiger partial charge in [0.05, 0.1) is 22.2 Å². The maximum absolute atomic E-state index is 5.56. The highest BCUT2D eigenvalue weighted by Gasteiger charge is 2.37. The Bertz CT molecular complexity index is 3470. The summed E-state index contributed by atoms with van der Waals surface area (Å²) in [6.07, 6.45) is 0. The summed E-state index contributed by atoms with van der Waals surface area (Å²) < 4.78 is 2.33. The summed E-state index contributed by atoms with van der Waals surface area (Å²) in [7, 11) is 0. The quantitative estimate of drug-likeness (QED) is 0.178. The van der Waals surface area contributed by atoms with E-state index in [1.54, 1.807) is 0 Å². The predicted octanol–water partition coefficient (Wildman–Crippen LogP) is 15.4. The number of aromatic nitrogens is 3. The molecule has 3 heteroatoms. The zero-order chi connectivity index (χ0) is 40.5. The third-order valence-corrected chi connectivity index (χ3v) is 12.6. The van der Waals surface area contributed by atoms with Gasteiger partial charge in [-0.25, -0.2) is 9.97 Å². The predicted molar refractivity (Wildman–Crippen MR) is 254 cm³/mol. The molecule has 9 aromatic carbocycles. The van der Waals surface area contributed by atoms with Crippen LogP contribution in [0, 0.1) is 0 Å². The van der Waals surface area contributed by atoms with E-state index >= 15 is 0 Å². The van der Waals surface area contributed by atoms with Gasteiger partial charge in [-0.05, 0) is 72.6 Å². The minimum absolute atomic E-state index is 0.113. The number of para-hydroxylation sites is 2. The molecule has 1 aliphatic carbocycles. The SMILES string of the molecule is CC.CC1(C)c2ccccc2-c2c(-c3cccc4c5c6ccccc6ccc5n(-c5nc(-c6ccc(-c7cccc8ccccc78)cc6)c6ccccc6n5)c34)cccc21. The van der Waals surface area contributed by atoms with Crippen LogP contribution in [0.25, 0.3) is 105 Å². The molecule has 0 atom stereocenters. The van der Waals surface area contributed by atoms with Crippen molar-refractivity contribution in [1.29, 1.82) is 0 Å². The minimum Gasteiger partial charge on any atom is -0.277 e. The number of hydrogen-bond acceptors (Lipinski definition) is 2. The molecule has 3 nitrogen and oxygen atoms in total. The van der Waals surface area contributed by atoms with Gasteiger partial charge >= 0.3 is 0 Å². The van der Waals surface area contributed by atoms with Gasteiger partial charge < -0.3 is 0 Å². The molecule has 0 spiro atoms. The van der Waals surface area contributed by atoms with Crippen LogP contribution in [-0.4, -0.2) is 14.5 Å². The van der Waals surface area contributed by atoms with Crippen LogP contribution >= 0.6 is 0 Å². The van der Waals surface area contributed by atoms with Crippen LogP contribution < -0.4 is 0 Å². The molecular weight excluding hydrogens is 727 g/mol. The second-order valence-corrected chi connectivity index (χ2v) is 16.1. The van der Waals surface area contributed by atoms with E-state index in [4.69, 9.17) is 9.97 Å². The zero-order valence-corrected chi connectivity index (χ0v) is 34.2. The molecule has 0 fully saturated rings. The van der Waals surface area contributed by atoms with E-state index in [0.717, 1.165) is 33.2 Å². The van der Waals surface area contributed by atoms with Crippen LogP contribution in [0.5, 0.6) is 0 Å². The van der Waals surface area contributed by atoms with Crippen molar-refractivity contribution in [3.63, 3.8) is 0 Å². The van der Waals surface area contributed by atoms with Gasteiger partial charge in [0.25, 0.3) is 0 Å². The first-order chi connectivity index (χ1) is 29.5. The third kappa shape index (κ3) is 5.29. The van der Waals surface area contributed by atoms with Gasteiger partial charge in [0.2, 0.25) is 5.95 Å². The standard InChI is InChI=1S/C55H37N3.C2H6/c1-55(2)46-25-9-7-19-43(46)50-41(22-13-26-47(50)55)42-23-12-24-45-51-40-18-6-4-15-35(40)32-33-49(51)58(53(42)45)54-56-48-27-10-8-20-44(48)52(57-54)37-30-28-36(29-31-37)39-21-11-16-34-14-3-5-17-38(34)39;1-2/h3-33H,1-2H3;1-2H3. The van der Waals surface area contributed by atoms with Gasteiger partial charge in [0, 0.05) is 32.7 Å². The minimum atomic E-state index is -0.113. The fourth-order valence-electron chi connectivity index (χ4n) is 9.91. The second-order valence-electron chi connectivity index (χ2n) is 16.1. The van der Waals surface area contributed by atoms with E-state index in [9.17, 15) is 0 Å². The first kappa shape index (κ1) is 35.8. The van der Waals surface area contributed by atoms with E-state index in [2.05, 4.69) is 206 Å². The number of fused-ring (bicyclic) bond motifs is 10. The van der Waals surface area contributed by atoms with E-state index < -0.39 is 0 Å². The molecule has 2 aromatic heterocycles. The molecule has 0 saturated heterocycles. The largest absolute Gasteiger partial charge is 0.277 e. The lowest BCUT2D eigenvalue weighted by Gasteiger charge is -2.21. The van der Waals surface area contributed by atoms with Crippen molar-refractivity contribution in [2.24, 2.45) is 0 Å². The first-order valence-corrected chi connectivity index (χ1v) is 21.1. The summed E-state index contributed by atoms with van der Waals surface area (Å²) in [4.78, 5) is 11.0. The normalized spacial score (nSPS) is 12.8. The van der Waals surface area contributed by atoms with Crippen LogP contribution in [0.2, 0.25) is 0 Å². The summed E-state index contributed by atoms with van der Waals surface area (Å²) >= 11 is 0. The van der Waals surface area contributed by atoms with Gasteiger partial charge in [-0.1, -0.05) is 204 Å². The van der Waals surface area contributed by atoms with Crippen LogP contribution in [0.1, 0.15) is 38.8 Å². The van der Waals surface area contributed by atoms with Crippen molar-refractivity contribution >= 4 is 54.3 Å². The first-order valence-electron chi connectivity index (χ1n) is 21.1. The van der Waals surface area contributed by atoms with Crippen LogP contribution in [-0.2, 0) is 5.41 Å². The molecule has 0 N–H and O–H groups in total. The van der Waals surface area contributed by atoms with Gasteiger partial charge in [-0.2, -0.15) is 0 Å². The molecule has 0 saturated carbocycles. The van der Waals surface area contributed by atoms with Gasteiger partial charge in [0.15, 0.2) is 0 Å². The Balaban J connectivity index is 0.00000201. The summed E-state index contributed by atoms with van der Waals surface area (Å²) in [6, 6.07) is 68.2. The molecule has 0 bridgehead atoms. The van der Waals surface area contributed by atoms with Crippen molar-refractivity contribution in [3.8, 4) is 50.6 Å². The highest BCUT2D eigenvalue weighted by molar-refractivity contribution is 6.24. The Hall–Kier alpha value is -7.36. The molecule has 12 rings (SSSR count). The highest BCUT2D eigenvalue weighted by Crippen LogP contribution is 2.53. The lowest BCUT2D eigenvalue weighted by atomic mass is 9.82. The Labute approximate surface area is 350 Å². The summed E-state index contributed by atoms with van der Waals surface area (Å²) in [5.74, 6) is 0.655. The summed E-state index contributed by atoms with van der Waals surface area (Å²) in [5, 5.41) is 8.33. The molecular formula is C57H43N3. The molecule has 1 aliphatic rings. The third-order valence-electron chi connectivity index (χ3n) is 12.6. The van der Waals surface area contributed by atoms with E-state index in [-0.39, 0.29) is 5.41 Å².